The van der Waals surface area contributed by atoms with Gasteiger partial charge in [0, 0.05) is 18.7 Å². The average Bonchev–Trinajstić information content (AvgIpc) is 2.36. The maximum atomic E-state index is 11.4. The zero-order chi connectivity index (χ0) is 12.7. The molecule has 5 nitrogen and oxygen atoms in total. The summed E-state index contributed by atoms with van der Waals surface area (Å²) in [4.78, 5) is 11.4. The number of amides is 1. The van der Waals surface area contributed by atoms with Gasteiger partial charge in [-0.3, -0.25) is 4.79 Å². The first-order chi connectivity index (χ1) is 8.15. The summed E-state index contributed by atoms with van der Waals surface area (Å²) < 4.78 is 10.4. The van der Waals surface area contributed by atoms with Gasteiger partial charge in [-0.05, 0) is 19.1 Å². The van der Waals surface area contributed by atoms with E-state index < -0.39 is 0 Å². The summed E-state index contributed by atoms with van der Waals surface area (Å²) in [7, 11) is 1.58. The summed E-state index contributed by atoms with van der Waals surface area (Å²) in [5, 5.41) is 2.71. The lowest BCUT2D eigenvalue weighted by Crippen LogP contribution is -2.40. The van der Waals surface area contributed by atoms with Gasteiger partial charge in [0.25, 0.3) is 5.91 Å². The van der Waals surface area contributed by atoms with E-state index in [1.165, 1.54) is 0 Å². The molecule has 0 aromatic heterocycles. The molecule has 1 amide bonds. The molecule has 0 saturated heterocycles. The van der Waals surface area contributed by atoms with E-state index in [1.807, 2.05) is 13.0 Å². The lowest BCUT2D eigenvalue weighted by Gasteiger charge is -2.12. The highest BCUT2D eigenvalue weighted by molar-refractivity contribution is 5.77. The first-order valence-electron chi connectivity index (χ1n) is 5.42. The highest BCUT2D eigenvalue weighted by Crippen LogP contribution is 2.18. The van der Waals surface area contributed by atoms with E-state index >= 15 is 0 Å². The van der Waals surface area contributed by atoms with Crippen LogP contribution in [0.2, 0.25) is 0 Å². The van der Waals surface area contributed by atoms with Crippen molar-refractivity contribution >= 4 is 5.91 Å². The molecule has 0 aliphatic rings. The van der Waals surface area contributed by atoms with Crippen molar-refractivity contribution in [1.82, 2.24) is 5.32 Å². The number of rotatable bonds is 6. The predicted octanol–water partition coefficient (Wildman–Crippen LogP) is 0.537. The van der Waals surface area contributed by atoms with Crippen molar-refractivity contribution in [2.45, 2.75) is 13.0 Å². The minimum absolute atomic E-state index is 0.0303. The van der Waals surface area contributed by atoms with Gasteiger partial charge in [0.15, 0.2) is 6.61 Å². The van der Waals surface area contributed by atoms with Crippen LogP contribution in [0, 0.1) is 0 Å². The molecule has 17 heavy (non-hydrogen) atoms. The number of hydrogen-bond acceptors (Lipinski definition) is 4. The lowest BCUT2D eigenvalue weighted by atomic mass is 10.3. The number of ether oxygens (including phenoxy) is 2. The van der Waals surface area contributed by atoms with E-state index in [0.717, 1.165) is 0 Å². The highest BCUT2D eigenvalue weighted by atomic mass is 16.5. The molecule has 0 aliphatic carbocycles. The van der Waals surface area contributed by atoms with Crippen LogP contribution in [-0.4, -0.2) is 32.2 Å². The average molecular weight is 238 g/mol. The molecular formula is C12H18N2O3. The van der Waals surface area contributed by atoms with Crippen LogP contribution >= 0.6 is 0 Å². The Bertz CT molecular complexity index is 369. The molecule has 0 saturated carbocycles. The van der Waals surface area contributed by atoms with Crippen LogP contribution < -0.4 is 20.5 Å². The molecule has 1 rings (SSSR count). The monoisotopic (exact) mass is 238 g/mol. The number of hydrogen-bond donors (Lipinski definition) is 2. The maximum absolute atomic E-state index is 11.4. The van der Waals surface area contributed by atoms with Crippen LogP contribution in [0.25, 0.3) is 0 Å². The first-order valence-corrected chi connectivity index (χ1v) is 5.42. The van der Waals surface area contributed by atoms with E-state index in [2.05, 4.69) is 5.32 Å². The fourth-order valence-electron chi connectivity index (χ4n) is 1.22. The second-order valence-electron chi connectivity index (χ2n) is 3.67. The fraction of sp³-hybridized carbons (Fsp3) is 0.417. The van der Waals surface area contributed by atoms with Gasteiger partial charge in [0.1, 0.15) is 11.5 Å². The van der Waals surface area contributed by atoms with Gasteiger partial charge in [-0.15, -0.1) is 0 Å². The Kier molecular flexibility index (Phi) is 5.29. The van der Waals surface area contributed by atoms with Crippen LogP contribution in [0.1, 0.15) is 6.92 Å². The molecule has 94 valence electrons. The second-order valence-corrected chi connectivity index (χ2v) is 3.67. The second kappa shape index (κ2) is 6.75. The number of carbonyl (C=O) groups is 1. The third-order valence-electron chi connectivity index (χ3n) is 2.17. The Morgan fingerprint density at radius 2 is 2.18 bits per heavy atom. The number of nitrogens with one attached hydrogen (secondary N) is 1. The molecule has 0 heterocycles. The zero-order valence-corrected chi connectivity index (χ0v) is 10.1. The predicted molar refractivity (Wildman–Crippen MR) is 65.1 cm³/mol. The SMILES string of the molecule is COc1cccc(OCC(=O)N[C@@H](C)CN)c1. The van der Waals surface area contributed by atoms with Crippen molar-refractivity contribution in [3.8, 4) is 11.5 Å². The number of nitrogens with two attached hydrogens (primary N) is 1. The van der Waals surface area contributed by atoms with Gasteiger partial charge in [-0.25, -0.2) is 0 Å². The Hall–Kier alpha value is -1.75. The van der Waals surface area contributed by atoms with Crippen molar-refractivity contribution in [2.24, 2.45) is 5.73 Å². The Morgan fingerprint density at radius 3 is 2.82 bits per heavy atom. The van der Waals surface area contributed by atoms with Crippen LogP contribution in [0.4, 0.5) is 0 Å². The standard InChI is InChI=1S/C12H18N2O3/c1-9(7-13)14-12(15)8-17-11-5-3-4-10(6-11)16-2/h3-6,9H,7-8,13H2,1-2H3,(H,14,15)/t9-/m0/s1. The van der Waals surface area contributed by atoms with E-state index in [0.29, 0.717) is 18.0 Å². The topological polar surface area (TPSA) is 73.6 Å². The maximum Gasteiger partial charge on any atom is 0.258 e. The fourth-order valence-corrected chi connectivity index (χ4v) is 1.22. The van der Waals surface area contributed by atoms with E-state index in [9.17, 15) is 4.79 Å². The summed E-state index contributed by atoms with van der Waals surface area (Å²) in [5.74, 6) is 1.10. The number of carbonyl (C=O) groups excluding carboxylic acids is 1. The summed E-state index contributed by atoms with van der Waals surface area (Å²) in [5.41, 5.74) is 5.39. The van der Waals surface area contributed by atoms with Crippen molar-refractivity contribution in [2.75, 3.05) is 20.3 Å². The van der Waals surface area contributed by atoms with Gasteiger partial charge in [-0.1, -0.05) is 6.07 Å². The van der Waals surface area contributed by atoms with Gasteiger partial charge in [-0.2, -0.15) is 0 Å². The minimum Gasteiger partial charge on any atom is -0.497 e. The van der Waals surface area contributed by atoms with Gasteiger partial charge in [0.05, 0.1) is 7.11 Å². The van der Waals surface area contributed by atoms with E-state index in [4.69, 9.17) is 15.2 Å². The lowest BCUT2D eigenvalue weighted by molar-refractivity contribution is -0.123. The van der Waals surface area contributed by atoms with Crippen molar-refractivity contribution in [3.63, 3.8) is 0 Å². The smallest absolute Gasteiger partial charge is 0.258 e. The number of methoxy groups -OCH3 is 1. The van der Waals surface area contributed by atoms with Crippen LogP contribution in [0.15, 0.2) is 24.3 Å². The van der Waals surface area contributed by atoms with Gasteiger partial charge in [0.2, 0.25) is 0 Å². The molecule has 0 unspecified atom stereocenters. The summed E-state index contributed by atoms with van der Waals surface area (Å²) in [6.07, 6.45) is 0. The molecule has 5 heteroatoms. The Morgan fingerprint density at radius 1 is 1.47 bits per heavy atom. The van der Waals surface area contributed by atoms with Crippen LogP contribution in [0.5, 0.6) is 11.5 Å². The molecule has 3 N–H and O–H groups in total. The molecule has 1 aromatic carbocycles. The minimum atomic E-state index is -0.189. The summed E-state index contributed by atoms with van der Waals surface area (Å²) in [6.45, 7) is 2.21. The van der Waals surface area contributed by atoms with Crippen molar-refractivity contribution < 1.29 is 14.3 Å². The third kappa shape index (κ3) is 4.74. The largest absolute Gasteiger partial charge is 0.497 e. The molecule has 1 atom stereocenters. The molecule has 0 fully saturated rings. The Balaban J connectivity index is 2.41. The number of benzene rings is 1. The molecule has 1 aromatic rings. The van der Waals surface area contributed by atoms with Crippen molar-refractivity contribution in [1.29, 1.82) is 0 Å². The van der Waals surface area contributed by atoms with Crippen LogP contribution in [-0.2, 0) is 4.79 Å². The summed E-state index contributed by atoms with van der Waals surface area (Å²) in [6, 6.07) is 7.05. The molecule has 0 radical (unpaired) electrons. The van der Waals surface area contributed by atoms with Crippen LogP contribution in [0.3, 0.4) is 0 Å². The zero-order valence-electron chi connectivity index (χ0n) is 10.1. The third-order valence-corrected chi connectivity index (χ3v) is 2.17. The summed E-state index contributed by atoms with van der Waals surface area (Å²) >= 11 is 0. The van der Waals surface area contributed by atoms with Gasteiger partial charge >= 0.3 is 0 Å². The quantitative estimate of drug-likeness (QED) is 0.758. The molecule has 0 bridgehead atoms. The van der Waals surface area contributed by atoms with E-state index in [-0.39, 0.29) is 18.6 Å². The highest BCUT2D eigenvalue weighted by Gasteiger charge is 2.06. The molecule has 0 spiro atoms. The normalized spacial score (nSPS) is 11.7. The van der Waals surface area contributed by atoms with Crippen molar-refractivity contribution in [3.05, 3.63) is 24.3 Å². The van der Waals surface area contributed by atoms with Gasteiger partial charge < -0.3 is 20.5 Å². The van der Waals surface area contributed by atoms with E-state index in [1.54, 1.807) is 25.3 Å². The molecule has 0 aliphatic heterocycles. The first kappa shape index (κ1) is 13.3. The molecular weight excluding hydrogens is 220 g/mol. The Labute approximate surface area is 101 Å².